The average Bonchev–Trinajstić information content (AvgIpc) is 2.64. The summed E-state index contributed by atoms with van der Waals surface area (Å²) in [5.74, 6) is -1.39. The molecule has 0 atom stereocenters. The summed E-state index contributed by atoms with van der Waals surface area (Å²) in [6, 6.07) is 10.2. The van der Waals surface area contributed by atoms with Crippen LogP contribution in [0, 0.1) is 12.7 Å². The number of carboxylic acid groups (broad SMARTS) is 1. The van der Waals surface area contributed by atoms with Gasteiger partial charge in [-0.3, -0.25) is 0 Å². The van der Waals surface area contributed by atoms with Gasteiger partial charge < -0.3 is 5.11 Å². The fourth-order valence-electron chi connectivity index (χ4n) is 2.63. The Morgan fingerprint density at radius 2 is 1.95 bits per heavy atom. The second-order valence-corrected chi connectivity index (χ2v) is 4.58. The molecule has 0 heterocycles. The van der Waals surface area contributed by atoms with Gasteiger partial charge in [0, 0.05) is 6.08 Å². The SMILES string of the molecule is Cc1cccc2c1-c1ccc(F)cc1/C2=C\C(=O)O. The molecule has 3 heteroatoms. The van der Waals surface area contributed by atoms with E-state index >= 15 is 0 Å². The summed E-state index contributed by atoms with van der Waals surface area (Å²) >= 11 is 0. The Bertz CT molecular complexity index is 730. The molecule has 1 aliphatic carbocycles. The molecule has 0 radical (unpaired) electrons. The van der Waals surface area contributed by atoms with Crippen LogP contribution in [0.15, 0.2) is 42.5 Å². The molecule has 0 aliphatic heterocycles. The van der Waals surface area contributed by atoms with E-state index in [-0.39, 0.29) is 5.82 Å². The van der Waals surface area contributed by atoms with Crippen LogP contribution in [0.2, 0.25) is 0 Å². The molecule has 0 amide bonds. The third-order valence-corrected chi connectivity index (χ3v) is 3.37. The third-order valence-electron chi connectivity index (χ3n) is 3.37. The zero-order valence-electron chi connectivity index (χ0n) is 10.3. The van der Waals surface area contributed by atoms with Crippen molar-refractivity contribution in [2.24, 2.45) is 0 Å². The van der Waals surface area contributed by atoms with Crippen molar-refractivity contribution in [3.05, 3.63) is 65.0 Å². The standard InChI is InChI=1S/C16H11FO2/c1-9-3-2-4-11-14(8-15(18)19)13-7-10(17)5-6-12(13)16(9)11/h2-8H,1H3,(H,18,19)/b14-8-. The van der Waals surface area contributed by atoms with E-state index in [0.29, 0.717) is 11.1 Å². The topological polar surface area (TPSA) is 37.3 Å². The van der Waals surface area contributed by atoms with E-state index in [2.05, 4.69) is 0 Å². The van der Waals surface area contributed by atoms with E-state index in [1.807, 2.05) is 25.1 Å². The molecule has 0 aromatic heterocycles. The van der Waals surface area contributed by atoms with E-state index in [0.717, 1.165) is 28.3 Å². The fraction of sp³-hybridized carbons (Fsp3) is 0.0625. The summed E-state index contributed by atoms with van der Waals surface area (Å²) in [4.78, 5) is 11.0. The van der Waals surface area contributed by atoms with Gasteiger partial charge >= 0.3 is 5.97 Å². The Morgan fingerprint density at radius 1 is 1.16 bits per heavy atom. The molecule has 0 spiro atoms. The van der Waals surface area contributed by atoms with Crippen molar-refractivity contribution in [3.8, 4) is 11.1 Å². The van der Waals surface area contributed by atoms with Crippen LogP contribution in [0.1, 0.15) is 16.7 Å². The lowest BCUT2D eigenvalue weighted by Gasteiger charge is -2.04. The maximum absolute atomic E-state index is 13.4. The van der Waals surface area contributed by atoms with Gasteiger partial charge in [-0.1, -0.05) is 24.3 Å². The number of rotatable bonds is 1. The molecule has 2 nitrogen and oxygen atoms in total. The molecule has 0 unspecified atom stereocenters. The number of hydrogen-bond donors (Lipinski definition) is 1. The maximum atomic E-state index is 13.4. The molecule has 0 saturated heterocycles. The predicted molar refractivity (Wildman–Crippen MR) is 71.3 cm³/mol. The highest BCUT2D eigenvalue weighted by atomic mass is 19.1. The van der Waals surface area contributed by atoms with Gasteiger partial charge in [-0.25, -0.2) is 9.18 Å². The van der Waals surface area contributed by atoms with E-state index in [9.17, 15) is 9.18 Å². The lowest BCUT2D eigenvalue weighted by molar-refractivity contribution is -0.131. The molecule has 0 bridgehead atoms. The number of halogens is 1. The van der Waals surface area contributed by atoms with Gasteiger partial charge in [-0.2, -0.15) is 0 Å². The first-order valence-electron chi connectivity index (χ1n) is 5.93. The van der Waals surface area contributed by atoms with Crippen molar-refractivity contribution in [2.45, 2.75) is 6.92 Å². The highest BCUT2D eigenvalue weighted by molar-refractivity contribution is 6.07. The number of aliphatic carboxylic acids is 1. The molecule has 1 aliphatic rings. The fourth-order valence-corrected chi connectivity index (χ4v) is 2.63. The number of carboxylic acids is 1. The molecular weight excluding hydrogens is 243 g/mol. The van der Waals surface area contributed by atoms with Crippen LogP contribution in [0.5, 0.6) is 0 Å². The molecular formula is C16H11FO2. The van der Waals surface area contributed by atoms with Crippen LogP contribution in [-0.2, 0) is 4.79 Å². The lowest BCUT2D eigenvalue weighted by Crippen LogP contribution is -1.92. The minimum atomic E-state index is -1.03. The lowest BCUT2D eigenvalue weighted by atomic mass is 10.0. The number of benzene rings is 2. The van der Waals surface area contributed by atoms with Crippen molar-refractivity contribution >= 4 is 11.5 Å². The second-order valence-electron chi connectivity index (χ2n) is 4.58. The quantitative estimate of drug-likeness (QED) is 0.673. The zero-order valence-corrected chi connectivity index (χ0v) is 10.3. The number of fused-ring (bicyclic) bond motifs is 3. The monoisotopic (exact) mass is 254 g/mol. The van der Waals surface area contributed by atoms with Gasteiger partial charge in [0.15, 0.2) is 0 Å². The molecule has 2 aromatic carbocycles. The summed E-state index contributed by atoms with van der Waals surface area (Å²) in [7, 11) is 0. The highest BCUT2D eigenvalue weighted by Crippen LogP contribution is 2.45. The average molecular weight is 254 g/mol. The molecule has 0 saturated carbocycles. The van der Waals surface area contributed by atoms with Gasteiger partial charge in [0.25, 0.3) is 0 Å². The Balaban J connectivity index is 2.39. The van der Waals surface area contributed by atoms with Crippen molar-refractivity contribution in [1.29, 1.82) is 0 Å². The molecule has 2 aromatic rings. The Hall–Kier alpha value is -2.42. The summed E-state index contributed by atoms with van der Waals surface area (Å²) in [5.41, 5.74) is 5.00. The van der Waals surface area contributed by atoms with Crippen LogP contribution in [0.25, 0.3) is 16.7 Å². The molecule has 94 valence electrons. The van der Waals surface area contributed by atoms with Gasteiger partial charge in [-0.05, 0) is 52.4 Å². The van der Waals surface area contributed by atoms with Crippen molar-refractivity contribution < 1.29 is 14.3 Å². The summed E-state index contributed by atoms with van der Waals surface area (Å²) in [6.45, 7) is 1.97. The highest BCUT2D eigenvalue weighted by Gasteiger charge is 2.25. The first-order chi connectivity index (χ1) is 9.08. The zero-order chi connectivity index (χ0) is 13.6. The van der Waals surface area contributed by atoms with E-state index in [1.165, 1.54) is 12.1 Å². The molecule has 3 rings (SSSR count). The minimum Gasteiger partial charge on any atom is -0.478 e. The summed E-state index contributed by atoms with van der Waals surface area (Å²) in [5, 5.41) is 8.99. The van der Waals surface area contributed by atoms with Gasteiger partial charge in [-0.15, -0.1) is 0 Å². The van der Waals surface area contributed by atoms with Crippen LogP contribution >= 0.6 is 0 Å². The number of aryl methyl sites for hydroxylation is 1. The van der Waals surface area contributed by atoms with Crippen LogP contribution in [0.3, 0.4) is 0 Å². The van der Waals surface area contributed by atoms with E-state index in [1.54, 1.807) is 6.07 Å². The van der Waals surface area contributed by atoms with Gasteiger partial charge in [0.2, 0.25) is 0 Å². The first-order valence-corrected chi connectivity index (χ1v) is 5.93. The van der Waals surface area contributed by atoms with Crippen molar-refractivity contribution in [3.63, 3.8) is 0 Å². The molecule has 0 fully saturated rings. The number of hydrogen-bond acceptors (Lipinski definition) is 1. The van der Waals surface area contributed by atoms with E-state index in [4.69, 9.17) is 5.11 Å². The van der Waals surface area contributed by atoms with Gasteiger partial charge in [0.1, 0.15) is 5.82 Å². The smallest absolute Gasteiger partial charge is 0.328 e. The third kappa shape index (κ3) is 1.74. The van der Waals surface area contributed by atoms with Crippen molar-refractivity contribution in [2.75, 3.05) is 0 Å². The summed E-state index contributed by atoms with van der Waals surface area (Å²) in [6.07, 6.45) is 1.14. The molecule has 1 N–H and O–H groups in total. The largest absolute Gasteiger partial charge is 0.478 e. The minimum absolute atomic E-state index is 0.361. The Labute approximate surface area is 109 Å². The van der Waals surface area contributed by atoms with Crippen LogP contribution in [-0.4, -0.2) is 11.1 Å². The van der Waals surface area contributed by atoms with Crippen LogP contribution in [0.4, 0.5) is 4.39 Å². The maximum Gasteiger partial charge on any atom is 0.328 e. The summed E-state index contributed by atoms with van der Waals surface area (Å²) < 4.78 is 13.4. The van der Waals surface area contributed by atoms with Crippen molar-refractivity contribution in [1.82, 2.24) is 0 Å². The normalized spacial score (nSPS) is 14.3. The number of carbonyl (C=O) groups is 1. The second kappa shape index (κ2) is 4.05. The Kier molecular flexibility index (Phi) is 2.49. The van der Waals surface area contributed by atoms with Gasteiger partial charge in [0.05, 0.1) is 0 Å². The predicted octanol–water partition coefficient (Wildman–Crippen LogP) is 3.63. The Morgan fingerprint density at radius 3 is 2.68 bits per heavy atom. The first kappa shape index (κ1) is 11.7. The van der Waals surface area contributed by atoms with E-state index < -0.39 is 5.97 Å². The molecule has 19 heavy (non-hydrogen) atoms. The van der Waals surface area contributed by atoms with Crippen LogP contribution < -0.4 is 0 Å².